The second-order valence-electron chi connectivity index (χ2n) is 5.52. The molecule has 0 aromatic heterocycles. The lowest BCUT2D eigenvalue weighted by atomic mass is 10.0. The minimum absolute atomic E-state index is 0.0580. The highest BCUT2D eigenvalue weighted by atomic mass is 16.5. The van der Waals surface area contributed by atoms with E-state index < -0.39 is 0 Å². The monoisotopic (exact) mass is 240 g/mol. The van der Waals surface area contributed by atoms with Gasteiger partial charge in [0.2, 0.25) is 5.91 Å². The van der Waals surface area contributed by atoms with Crippen molar-refractivity contribution in [3.05, 3.63) is 0 Å². The number of rotatable bonds is 6. The van der Waals surface area contributed by atoms with Crippen LogP contribution in [0, 0.1) is 5.41 Å². The number of hydrogen-bond donors (Lipinski definition) is 2. The molecule has 2 N–H and O–H groups in total. The van der Waals surface area contributed by atoms with Gasteiger partial charge >= 0.3 is 0 Å². The van der Waals surface area contributed by atoms with Crippen molar-refractivity contribution in [1.29, 1.82) is 0 Å². The topological polar surface area (TPSA) is 50.4 Å². The largest absolute Gasteiger partial charge is 0.380 e. The van der Waals surface area contributed by atoms with Crippen molar-refractivity contribution in [1.82, 2.24) is 10.6 Å². The van der Waals surface area contributed by atoms with Crippen LogP contribution in [-0.4, -0.2) is 38.3 Å². The molecule has 2 rings (SSSR count). The molecule has 0 aromatic carbocycles. The summed E-state index contributed by atoms with van der Waals surface area (Å²) in [5.74, 6) is 0.145. The Morgan fingerprint density at radius 1 is 1.53 bits per heavy atom. The molecule has 2 fully saturated rings. The molecule has 17 heavy (non-hydrogen) atoms. The Bertz CT molecular complexity index is 277. The van der Waals surface area contributed by atoms with Crippen molar-refractivity contribution < 1.29 is 9.53 Å². The molecule has 4 heteroatoms. The van der Waals surface area contributed by atoms with Gasteiger partial charge in [0.25, 0.3) is 0 Å². The van der Waals surface area contributed by atoms with E-state index >= 15 is 0 Å². The average Bonchev–Trinajstić information content (AvgIpc) is 2.93. The molecule has 4 nitrogen and oxygen atoms in total. The fourth-order valence-corrected chi connectivity index (χ4v) is 2.70. The van der Waals surface area contributed by atoms with E-state index in [1.54, 1.807) is 7.11 Å². The molecule has 2 unspecified atom stereocenters. The van der Waals surface area contributed by atoms with E-state index in [1.807, 2.05) is 0 Å². The third-order valence-corrected chi connectivity index (χ3v) is 4.12. The zero-order valence-corrected chi connectivity index (χ0v) is 10.9. The van der Waals surface area contributed by atoms with Crippen LogP contribution in [-0.2, 0) is 9.53 Å². The summed E-state index contributed by atoms with van der Waals surface area (Å²) in [6.07, 6.45) is 5.99. The van der Waals surface area contributed by atoms with Gasteiger partial charge in [-0.3, -0.25) is 4.79 Å². The number of carbonyl (C=O) groups is 1. The van der Waals surface area contributed by atoms with E-state index in [4.69, 9.17) is 4.74 Å². The van der Waals surface area contributed by atoms with Crippen molar-refractivity contribution in [2.45, 2.75) is 51.2 Å². The van der Waals surface area contributed by atoms with Crippen molar-refractivity contribution in [2.24, 2.45) is 5.41 Å². The molecule has 2 atom stereocenters. The number of amides is 1. The van der Waals surface area contributed by atoms with Gasteiger partial charge in [0.1, 0.15) is 0 Å². The van der Waals surface area contributed by atoms with Crippen LogP contribution in [0.25, 0.3) is 0 Å². The minimum atomic E-state index is -0.0580. The average molecular weight is 240 g/mol. The number of hydrogen-bond acceptors (Lipinski definition) is 3. The summed E-state index contributed by atoms with van der Waals surface area (Å²) in [5.41, 5.74) is 0.434. The van der Waals surface area contributed by atoms with Crippen molar-refractivity contribution in [2.75, 3.05) is 20.2 Å². The number of carbonyl (C=O) groups excluding carboxylic acids is 1. The van der Waals surface area contributed by atoms with Crippen LogP contribution in [0.4, 0.5) is 0 Å². The Balaban J connectivity index is 1.71. The highest BCUT2D eigenvalue weighted by Crippen LogP contribution is 2.48. The summed E-state index contributed by atoms with van der Waals surface area (Å²) < 4.78 is 5.25. The SMILES string of the molecule is CCCC1(CNC(=O)C2CC(OC)CN2)CC1. The van der Waals surface area contributed by atoms with Gasteiger partial charge in [-0.2, -0.15) is 0 Å². The molecule has 0 bridgehead atoms. The van der Waals surface area contributed by atoms with Gasteiger partial charge in [0, 0.05) is 20.2 Å². The molecular weight excluding hydrogens is 216 g/mol. The van der Waals surface area contributed by atoms with Crippen molar-refractivity contribution >= 4 is 5.91 Å². The highest BCUT2D eigenvalue weighted by Gasteiger charge is 2.42. The lowest BCUT2D eigenvalue weighted by Gasteiger charge is -2.17. The molecule has 0 aromatic rings. The number of ether oxygens (including phenoxy) is 1. The third kappa shape index (κ3) is 3.19. The van der Waals surface area contributed by atoms with E-state index in [9.17, 15) is 4.79 Å². The molecule has 1 saturated carbocycles. The summed E-state index contributed by atoms with van der Waals surface area (Å²) in [4.78, 5) is 12.0. The van der Waals surface area contributed by atoms with Crippen LogP contribution in [0.1, 0.15) is 39.0 Å². The van der Waals surface area contributed by atoms with E-state index in [2.05, 4.69) is 17.6 Å². The van der Waals surface area contributed by atoms with E-state index in [0.29, 0.717) is 5.41 Å². The lowest BCUT2D eigenvalue weighted by Crippen LogP contribution is -2.42. The maximum Gasteiger partial charge on any atom is 0.237 e. The molecule has 0 radical (unpaired) electrons. The molecule has 1 saturated heterocycles. The number of methoxy groups -OCH3 is 1. The quantitative estimate of drug-likeness (QED) is 0.730. The molecule has 0 spiro atoms. The van der Waals surface area contributed by atoms with Gasteiger partial charge in [-0.15, -0.1) is 0 Å². The first-order valence-corrected chi connectivity index (χ1v) is 6.73. The first-order valence-electron chi connectivity index (χ1n) is 6.73. The highest BCUT2D eigenvalue weighted by molar-refractivity contribution is 5.82. The standard InChI is InChI=1S/C13H24N2O2/c1-3-4-13(5-6-13)9-15-12(16)11-7-10(17-2)8-14-11/h10-11,14H,3-9H2,1-2H3,(H,15,16). The second kappa shape index (κ2) is 5.36. The summed E-state index contributed by atoms with van der Waals surface area (Å²) in [7, 11) is 1.70. The van der Waals surface area contributed by atoms with Gasteiger partial charge in [0.15, 0.2) is 0 Å². The molecule has 1 heterocycles. The summed E-state index contributed by atoms with van der Waals surface area (Å²) >= 11 is 0. The van der Waals surface area contributed by atoms with Gasteiger partial charge in [-0.05, 0) is 31.1 Å². The van der Waals surface area contributed by atoms with Crippen LogP contribution in [0.15, 0.2) is 0 Å². The second-order valence-corrected chi connectivity index (χ2v) is 5.52. The van der Waals surface area contributed by atoms with Crippen LogP contribution >= 0.6 is 0 Å². The fraction of sp³-hybridized carbons (Fsp3) is 0.923. The van der Waals surface area contributed by atoms with E-state index in [-0.39, 0.29) is 18.1 Å². The van der Waals surface area contributed by atoms with Crippen LogP contribution in [0.5, 0.6) is 0 Å². The fourth-order valence-electron chi connectivity index (χ4n) is 2.70. The van der Waals surface area contributed by atoms with Gasteiger partial charge in [-0.25, -0.2) is 0 Å². The normalized spacial score (nSPS) is 30.2. The Kier molecular flexibility index (Phi) is 4.05. The zero-order valence-electron chi connectivity index (χ0n) is 10.9. The zero-order chi connectivity index (χ0) is 12.3. The minimum Gasteiger partial charge on any atom is -0.380 e. The van der Waals surface area contributed by atoms with Crippen LogP contribution < -0.4 is 10.6 Å². The van der Waals surface area contributed by atoms with Gasteiger partial charge in [0.05, 0.1) is 12.1 Å². The summed E-state index contributed by atoms with van der Waals surface area (Å²) in [5, 5.41) is 6.31. The Labute approximate surface area is 103 Å². The third-order valence-electron chi connectivity index (χ3n) is 4.12. The Morgan fingerprint density at radius 2 is 2.29 bits per heavy atom. The van der Waals surface area contributed by atoms with Crippen molar-refractivity contribution in [3.63, 3.8) is 0 Å². The lowest BCUT2D eigenvalue weighted by molar-refractivity contribution is -0.123. The predicted molar refractivity (Wildman–Crippen MR) is 66.8 cm³/mol. The molecule has 1 aliphatic carbocycles. The van der Waals surface area contributed by atoms with Crippen molar-refractivity contribution in [3.8, 4) is 0 Å². The van der Waals surface area contributed by atoms with Gasteiger partial charge in [-0.1, -0.05) is 13.3 Å². The molecular formula is C13H24N2O2. The van der Waals surface area contributed by atoms with E-state index in [0.717, 1.165) is 19.5 Å². The maximum atomic E-state index is 12.0. The molecule has 1 aliphatic heterocycles. The van der Waals surface area contributed by atoms with Crippen LogP contribution in [0.2, 0.25) is 0 Å². The first kappa shape index (κ1) is 12.8. The van der Waals surface area contributed by atoms with Crippen LogP contribution in [0.3, 0.4) is 0 Å². The van der Waals surface area contributed by atoms with E-state index in [1.165, 1.54) is 25.7 Å². The summed E-state index contributed by atoms with van der Waals surface area (Å²) in [6.45, 7) is 3.85. The maximum absolute atomic E-state index is 12.0. The Morgan fingerprint density at radius 3 is 2.82 bits per heavy atom. The molecule has 2 aliphatic rings. The molecule has 1 amide bonds. The smallest absolute Gasteiger partial charge is 0.237 e. The van der Waals surface area contributed by atoms with Gasteiger partial charge < -0.3 is 15.4 Å². The Hall–Kier alpha value is -0.610. The first-order chi connectivity index (χ1) is 8.19. The molecule has 98 valence electrons. The summed E-state index contributed by atoms with van der Waals surface area (Å²) in [6, 6.07) is -0.0580. The number of nitrogens with one attached hydrogen (secondary N) is 2. The predicted octanol–water partition coefficient (Wildman–Crippen LogP) is 1.06.